The van der Waals surface area contributed by atoms with Crippen molar-refractivity contribution >= 4 is 34.5 Å². The predicted molar refractivity (Wildman–Crippen MR) is 134 cm³/mol. The minimum atomic E-state index is -5.08. The molecule has 0 aliphatic rings. The number of hydrogen-bond acceptors (Lipinski definition) is 8. The molecule has 0 amide bonds. The van der Waals surface area contributed by atoms with Crippen molar-refractivity contribution in [3.63, 3.8) is 0 Å². The number of benzene rings is 1. The Morgan fingerprint density at radius 1 is 1.32 bits per heavy atom. The topological polar surface area (TPSA) is 154 Å². The number of alkyl halides is 3. The van der Waals surface area contributed by atoms with Crippen molar-refractivity contribution in [1.29, 1.82) is 5.26 Å². The third-order valence-electron chi connectivity index (χ3n) is 5.45. The lowest BCUT2D eigenvalue weighted by Crippen LogP contribution is -2.21. The molecule has 11 nitrogen and oxygen atoms in total. The van der Waals surface area contributed by atoms with Crippen LogP contribution in [0.2, 0.25) is 0 Å². The van der Waals surface area contributed by atoms with E-state index in [0.29, 0.717) is 34.1 Å². The van der Waals surface area contributed by atoms with Crippen molar-refractivity contribution in [2.24, 2.45) is 7.05 Å². The molecule has 0 aliphatic carbocycles. The number of nitriles is 1. The number of H-pyrrole nitrogens is 1. The summed E-state index contributed by atoms with van der Waals surface area (Å²) in [5.41, 5.74) is 3.80. The number of anilines is 3. The molecule has 200 valence electrons. The molecule has 0 radical (unpaired) electrons. The number of fused-ring (bicyclic) bond motifs is 1. The van der Waals surface area contributed by atoms with Gasteiger partial charge in [-0.05, 0) is 31.5 Å². The van der Waals surface area contributed by atoms with Gasteiger partial charge in [0.1, 0.15) is 23.3 Å². The molecule has 0 unspecified atom stereocenters. The number of carboxylic acids is 1. The molecule has 3 heterocycles. The zero-order chi connectivity index (χ0) is 28.0. The number of carbonyl (C=O) groups is 1. The van der Waals surface area contributed by atoms with Gasteiger partial charge in [-0.25, -0.2) is 4.79 Å². The average molecular weight is 531 g/mol. The molecule has 4 rings (SSSR count). The van der Waals surface area contributed by atoms with E-state index in [1.807, 2.05) is 36.0 Å². The molecule has 4 aromatic rings. The Kier molecular flexibility index (Phi) is 8.41. The highest BCUT2D eigenvalue weighted by molar-refractivity contribution is 5.93. The Hall–Kier alpha value is -4.80. The van der Waals surface area contributed by atoms with Crippen LogP contribution in [0.3, 0.4) is 0 Å². The SMILES string of the molecule is CC[C@@H](C)Nc1nc(Nc2ccc(-c3ccnn3C)cc2OC)nc2[nH]cc(C#N)c12.O=C(O)C(F)(F)F. The van der Waals surface area contributed by atoms with Crippen LogP contribution < -0.4 is 15.4 Å². The third kappa shape index (κ3) is 6.30. The highest BCUT2D eigenvalue weighted by Crippen LogP contribution is 2.33. The first-order valence-electron chi connectivity index (χ1n) is 11.3. The van der Waals surface area contributed by atoms with Crippen molar-refractivity contribution in [1.82, 2.24) is 24.7 Å². The minimum absolute atomic E-state index is 0.195. The number of aromatic amines is 1. The van der Waals surface area contributed by atoms with Gasteiger partial charge < -0.3 is 25.5 Å². The number of ether oxygens (including phenoxy) is 1. The number of aryl methyl sites for hydroxylation is 1. The number of carboxylic acid groups (broad SMARTS) is 1. The molecule has 38 heavy (non-hydrogen) atoms. The summed E-state index contributed by atoms with van der Waals surface area (Å²) in [7, 11) is 3.52. The van der Waals surface area contributed by atoms with Crippen LogP contribution in [0.15, 0.2) is 36.7 Å². The van der Waals surface area contributed by atoms with Gasteiger partial charge in [-0.2, -0.15) is 33.5 Å². The zero-order valence-corrected chi connectivity index (χ0v) is 20.9. The molecular weight excluding hydrogens is 505 g/mol. The minimum Gasteiger partial charge on any atom is -0.495 e. The predicted octanol–water partition coefficient (Wildman–Crippen LogP) is 4.83. The van der Waals surface area contributed by atoms with E-state index in [-0.39, 0.29) is 6.04 Å². The van der Waals surface area contributed by atoms with Crippen molar-refractivity contribution in [2.45, 2.75) is 32.5 Å². The second kappa shape index (κ2) is 11.5. The van der Waals surface area contributed by atoms with E-state index in [9.17, 15) is 18.4 Å². The maximum Gasteiger partial charge on any atom is 0.490 e. The molecule has 1 atom stereocenters. The van der Waals surface area contributed by atoms with Gasteiger partial charge in [0.25, 0.3) is 0 Å². The highest BCUT2D eigenvalue weighted by atomic mass is 19.4. The summed E-state index contributed by atoms with van der Waals surface area (Å²) in [5.74, 6) is -1.09. The Balaban J connectivity index is 0.000000505. The van der Waals surface area contributed by atoms with E-state index in [2.05, 4.69) is 50.6 Å². The van der Waals surface area contributed by atoms with Crippen LogP contribution >= 0.6 is 0 Å². The van der Waals surface area contributed by atoms with Gasteiger partial charge in [-0.3, -0.25) is 4.68 Å². The van der Waals surface area contributed by atoms with Crippen molar-refractivity contribution < 1.29 is 27.8 Å². The Morgan fingerprint density at radius 2 is 2.03 bits per heavy atom. The van der Waals surface area contributed by atoms with E-state index >= 15 is 0 Å². The van der Waals surface area contributed by atoms with Crippen LogP contribution in [-0.4, -0.2) is 55.1 Å². The summed E-state index contributed by atoms with van der Waals surface area (Å²) in [6, 6.07) is 10.2. The normalized spacial score (nSPS) is 11.7. The first-order chi connectivity index (χ1) is 18.0. The van der Waals surface area contributed by atoms with Crippen LogP contribution in [0.5, 0.6) is 5.75 Å². The maximum atomic E-state index is 10.6. The fourth-order valence-electron chi connectivity index (χ4n) is 3.35. The molecule has 0 saturated carbocycles. The van der Waals surface area contributed by atoms with E-state index in [1.165, 1.54) is 0 Å². The smallest absolute Gasteiger partial charge is 0.490 e. The first-order valence-corrected chi connectivity index (χ1v) is 11.3. The summed E-state index contributed by atoms with van der Waals surface area (Å²) in [6.07, 6.45) is -0.757. The molecule has 14 heteroatoms. The van der Waals surface area contributed by atoms with Gasteiger partial charge in [-0.1, -0.05) is 13.0 Å². The number of nitrogens with one attached hydrogen (secondary N) is 3. The number of methoxy groups -OCH3 is 1. The second-order valence-electron chi connectivity index (χ2n) is 8.07. The molecule has 1 aromatic carbocycles. The molecule has 3 aromatic heterocycles. The van der Waals surface area contributed by atoms with Crippen molar-refractivity contribution in [3.8, 4) is 23.1 Å². The van der Waals surface area contributed by atoms with Gasteiger partial charge in [0.2, 0.25) is 5.95 Å². The van der Waals surface area contributed by atoms with Crippen LogP contribution in [-0.2, 0) is 11.8 Å². The quantitative estimate of drug-likeness (QED) is 0.263. The summed E-state index contributed by atoms with van der Waals surface area (Å²) >= 11 is 0. The van der Waals surface area contributed by atoms with Crippen LogP contribution in [0, 0.1) is 11.3 Å². The Bertz CT molecular complexity index is 1470. The van der Waals surface area contributed by atoms with Gasteiger partial charge >= 0.3 is 12.1 Å². The average Bonchev–Trinajstić information content (AvgIpc) is 3.50. The second-order valence-corrected chi connectivity index (χ2v) is 8.07. The van der Waals surface area contributed by atoms with Gasteiger partial charge in [0.15, 0.2) is 0 Å². The molecule has 0 fully saturated rings. The largest absolute Gasteiger partial charge is 0.495 e. The molecule has 0 saturated heterocycles. The lowest BCUT2D eigenvalue weighted by atomic mass is 10.1. The van der Waals surface area contributed by atoms with Crippen molar-refractivity contribution in [2.75, 3.05) is 17.7 Å². The fourth-order valence-corrected chi connectivity index (χ4v) is 3.35. The van der Waals surface area contributed by atoms with Crippen molar-refractivity contribution in [3.05, 3.63) is 42.2 Å². The molecule has 0 aliphatic heterocycles. The van der Waals surface area contributed by atoms with Gasteiger partial charge in [0.05, 0.1) is 29.4 Å². The fraction of sp³-hybridized carbons (Fsp3) is 0.292. The third-order valence-corrected chi connectivity index (χ3v) is 5.45. The van der Waals surface area contributed by atoms with E-state index in [4.69, 9.17) is 14.6 Å². The summed E-state index contributed by atoms with van der Waals surface area (Å²) in [6.45, 7) is 4.16. The lowest BCUT2D eigenvalue weighted by Gasteiger charge is -2.16. The zero-order valence-electron chi connectivity index (χ0n) is 20.9. The van der Waals surface area contributed by atoms with E-state index in [1.54, 1.807) is 19.5 Å². The van der Waals surface area contributed by atoms with Crippen LogP contribution in [0.4, 0.5) is 30.6 Å². The molecule has 4 N–H and O–H groups in total. The Morgan fingerprint density at radius 3 is 2.58 bits per heavy atom. The van der Waals surface area contributed by atoms with Crippen LogP contribution in [0.25, 0.3) is 22.3 Å². The van der Waals surface area contributed by atoms with Gasteiger partial charge in [-0.15, -0.1) is 0 Å². The van der Waals surface area contributed by atoms with Gasteiger partial charge in [0, 0.05) is 31.0 Å². The molecule has 0 spiro atoms. The lowest BCUT2D eigenvalue weighted by molar-refractivity contribution is -0.192. The summed E-state index contributed by atoms with van der Waals surface area (Å²) < 4.78 is 39.1. The standard InChI is InChI=1S/C22H24N8O.C2HF3O2/c1-5-13(2)26-21-19-15(11-23)12-24-20(19)28-22(29-21)27-16-7-6-14(10-18(16)31-4)17-8-9-25-30(17)3;3-2(4,5)1(6)7/h6-10,12-13H,5H2,1-4H3,(H3,24,26,27,28,29);(H,6,7)/t13-;/m1./s1. The summed E-state index contributed by atoms with van der Waals surface area (Å²) in [4.78, 5) is 21.2. The monoisotopic (exact) mass is 530 g/mol. The number of rotatable bonds is 7. The first kappa shape index (κ1) is 27.8. The molecule has 0 bridgehead atoms. The highest BCUT2D eigenvalue weighted by Gasteiger charge is 2.38. The number of aromatic nitrogens is 5. The number of aliphatic carboxylic acids is 1. The van der Waals surface area contributed by atoms with E-state index < -0.39 is 12.1 Å². The summed E-state index contributed by atoms with van der Waals surface area (Å²) in [5, 5.41) is 28.1. The molecular formula is C24H25F3N8O3. The maximum absolute atomic E-state index is 10.6. The number of nitrogens with zero attached hydrogens (tertiary/aromatic N) is 5. The van der Waals surface area contributed by atoms with Crippen LogP contribution in [0.1, 0.15) is 25.8 Å². The Labute approximate surface area is 215 Å². The van der Waals surface area contributed by atoms with E-state index in [0.717, 1.165) is 23.4 Å². The number of hydrogen-bond donors (Lipinski definition) is 4. The number of halogens is 3.